The van der Waals surface area contributed by atoms with Crippen LogP contribution in [0.5, 0.6) is 18.0 Å². The molecule has 0 saturated carbocycles. The van der Waals surface area contributed by atoms with E-state index in [4.69, 9.17) is 63.8 Å². The summed E-state index contributed by atoms with van der Waals surface area (Å²) in [5.74, 6) is 1.92. The van der Waals surface area contributed by atoms with Gasteiger partial charge in [0.15, 0.2) is 0 Å². The molecule has 3 unspecified atom stereocenters. The number of carbonyl (C=O) groups excluding carboxylic acids is 3. The van der Waals surface area contributed by atoms with Gasteiger partial charge < -0.3 is 87.5 Å². The van der Waals surface area contributed by atoms with E-state index in [2.05, 4.69) is 172 Å². The molecule has 128 heavy (non-hydrogen) atoms. The van der Waals surface area contributed by atoms with Gasteiger partial charge in [-0.3, -0.25) is 19.4 Å². The van der Waals surface area contributed by atoms with Crippen LogP contribution in [-0.4, -0.2) is 277 Å². The zero-order chi connectivity index (χ0) is 86.8. The van der Waals surface area contributed by atoms with Gasteiger partial charge in [0.05, 0.1) is 47.9 Å². The Morgan fingerprint density at radius 1 is 0.430 bits per heavy atom. The maximum atomic E-state index is 14.6. The number of piperazine rings is 3. The van der Waals surface area contributed by atoms with E-state index in [1.807, 2.05) is 42.6 Å². The number of likely N-dealkylation sites (N-methyl/N-ethyl adjacent to an activating group) is 3. The second-order valence-corrected chi connectivity index (χ2v) is 34.0. The molecule has 18 rings (SSSR count). The molecule has 5 aromatic carbocycles. The van der Waals surface area contributed by atoms with Crippen molar-refractivity contribution in [1.82, 2.24) is 64.3 Å². The topological polar surface area (TPSA) is 221 Å². The number of hydrogen-bond donors (Lipinski definition) is 0. The van der Waals surface area contributed by atoms with Crippen LogP contribution < -0.4 is 43.6 Å². The van der Waals surface area contributed by atoms with E-state index in [0.29, 0.717) is 146 Å². The van der Waals surface area contributed by atoms with Crippen molar-refractivity contribution in [2.45, 2.75) is 121 Å². The van der Waals surface area contributed by atoms with E-state index >= 15 is 0 Å². The van der Waals surface area contributed by atoms with Crippen LogP contribution in [0.15, 0.2) is 147 Å². The lowest BCUT2D eigenvalue weighted by Crippen LogP contribution is -2.56. The molecule has 13 heterocycles. The number of amides is 3. The summed E-state index contributed by atoms with van der Waals surface area (Å²) < 4.78 is 33.4. The summed E-state index contributed by atoms with van der Waals surface area (Å²) in [5, 5.41) is 5.07. The van der Waals surface area contributed by atoms with Gasteiger partial charge in [0.1, 0.15) is 61.2 Å². The van der Waals surface area contributed by atoms with Gasteiger partial charge in [0, 0.05) is 152 Å². The van der Waals surface area contributed by atoms with Crippen LogP contribution in [0.4, 0.5) is 38.9 Å². The largest absolute Gasteiger partial charge is 0.462 e. The van der Waals surface area contributed by atoms with E-state index in [-0.39, 0.29) is 102 Å². The lowest BCUT2D eigenvalue weighted by atomic mass is 10.0. The average molecular weight is 1790 g/mol. The average Bonchev–Trinajstić information content (AvgIpc) is 0.806. The van der Waals surface area contributed by atoms with Gasteiger partial charge in [0.25, 0.3) is 0 Å². The minimum absolute atomic E-state index is 0. The summed E-state index contributed by atoms with van der Waals surface area (Å²) in [6.07, 6.45) is 14.9. The number of likely N-dealkylation sites (tertiary alicyclic amines) is 3. The van der Waals surface area contributed by atoms with Gasteiger partial charge in [-0.05, 0) is 166 Å². The van der Waals surface area contributed by atoms with Crippen LogP contribution in [0.1, 0.15) is 77.9 Å². The molecular weight excluding hydrogens is 1670 g/mol. The smallest absolute Gasteiger partial charge is 0.318 e. The molecule has 3 amide bonds. The summed E-state index contributed by atoms with van der Waals surface area (Å²) in [7, 11) is 6.40. The number of ether oxygens (including phenoxy) is 3. The van der Waals surface area contributed by atoms with Crippen molar-refractivity contribution in [2.24, 2.45) is 0 Å². The highest BCUT2D eigenvalue weighted by Crippen LogP contribution is 2.41. The first-order valence-corrected chi connectivity index (χ1v) is 43.9. The molecule has 6 atom stereocenters. The fourth-order valence-electron chi connectivity index (χ4n) is 19.5. The first-order chi connectivity index (χ1) is 61.0. The maximum Gasteiger partial charge on any atom is 0.318 e. The Labute approximate surface area is 771 Å². The third kappa shape index (κ3) is 20.7. The lowest BCUT2D eigenvalue weighted by molar-refractivity contribution is -0.129. The number of hydrogen-bond acceptors (Lipinski definition) is 22. The monoisotopic (exact) mass is 1790 g/mol. The highest BCUT2D eigenvalue weighted by atomic mass is 32.1. The summed E-state index contributed by atoms with van der Waals surface area (Å²) in [6, 6.07) is 35.9. The predicted molar refractivity (Wildman–Crippen MR) is 517 cm³/mol. The van der Waals surface area contributed by atoms with Gasteiger partial charge in [-0.15, -0.1) is 0 Å². The Hall–Kier alpha value is -11.6. The number of rotatable bonds is 21. The van der Waals surface area contributed by atoms with Gasteiger partial charge in [-0.1, -0.05) is 92.0 Å². The molecular formula is C96H117FN22O6S3. The molecule has 9 aliphatic heterocycles. The van der Waals surface area contributed by atoms with Crippen LogP contribution in [0.25, 0.3) is 47.0 Å². The molecule has 28 nitrogen and oxygen atoms in total. The maximum absolute atomic E-state index is 14.6. The van der Waals surface area contributed by atoms with E-state index in [0.717, 1.165) is 157 Å². The second-order valence-electron chi connectivity index (χ2n) is 34.0. The summed E-state index contributed by atoms with van der Waals surface area (Å²) in [6.45, 7) is 50.3. The normalized spacial score (nSPS) is 20.4. The molecule has 672 valence electrons. The van der Waals surface area contributed by atoms with Crippen LogP contribution in [-0.2, 0) is 53.3 Å². The van der Waals surface area contributed by atoms with E-state index < -0.39 is 0 Å². The molecule has 0 radical (unpaired) electrons. The van der Waals surface area contributed by atoms with E-state index in [9.17, 15) is 18.8 Å². The number of nitrogens with zero attached hydrogens (tertiary/aromatic N) is 22. The van der Waals surface area contributed by atoms with Crippen LogP contribution in [0.2, 0.25) is 0 Å². The number of pyridine rings is 1. The number of aryl methyl sites for hydroxylation is 1. The highest BCUT2D eigenvalue weighted by Gasteiger charge is 2.40. The Balaban J connectivity index is 0.000000162. The minimum Gasteiger partial charge on any atom is -0.462 e. The van der Waals surface area contributed by atoms with Crippen molar-refractivity contribution in [1.29, 1.82) is 0 Å². The first kappa shape index (κ1) is 94.1. The molecule has 9 aromatic rings. The second kappa shape index (κ2) is 43.0. The van der Waals surface area contributed by atoms with Gasteiger partial charge in [0.2, 0.25) is 37.4 Å². The predicted octanol–water partition coefficient (Wildman–Crippen LogP) is 11.5. The third-order valence-corrected chi connectivity index (χ3v) is 26.4. The van der Waals surface area contributed by atoms with Crippen molar-refractivity contribution in [2.75, 3.05) is 188 Å². The zero-order valence-corrected chi connectivity index (χ0v) is 76.7. The SMILES string of the molecule is S.S.S.[C-]#[N+]CC1CN(c2nc(OC[C@@H]3CCCN3C)nc3c2CCN(c2ccc(F)c4ccccc24)C3)CCN1C(=O)C=C.[C-]#[N+]CC1CN(c2nc(OC[C@@H]3CCCN3C)nc3c2CCN(c2cccc4ccc(C)cc24)C3)CCN1C(=O)C=C.[C-]#[N+]CC1CN(c2nc(OC[C@@H]3CCCN3C)nc3c2CCN(c2cccc4cccnc24)C3)CCN1C(=O)C=C. The molecule has 6 fully saturated rings. The number of benzene rings is 5. The molecule has 32 heteroatoms. The number of carbonyl (C=O) groups is 3. The van der Waals surface area contributed by atoms with E-state index in [1.165, 1.54) is 59.2 Å². The fraction of sp³-hybridized carbons (Fsp3) is 0.448. The van der Waals surface area contributed by atoms with Crippen molar-refractivity contribution in [3.63, 3.8) is 0 Å². The number of halogens is 1. The van der Waals surface area contributed by atoms with Crippen LogP contribution >= 0.6 is 40.5 Å². The number of fused-ring (bicyclic) bond motifs is 6. The number of anilines is 6. The van der Waals surface area contributed by atoms with Crippen LogP contribution in [0, 0.1) is 32.5 Å². The molecule has 0 aliphatic carbocycles. The molecule has 4 aromatic heterocycles. The standard InChI is InChI=1S/C33H39N7O2.C32H36FN7O2.C31H36N8O2.3H2S/c1-5-31(41)40-17-16-39(20-26(40)19-34-3)32-27-13-15-38(30-10-6-8-24-12-11-23(2)18-28(24)30)21-29(27)35-33(36-32)42-22-25-9-7-14-37(25)4;1-4-30(41)40-17-16-39(19-23(40)18-34-2)31-26-13-15-38(29-12-11-27(33)24-9-5-6-10-25(24)29)20-28(26)35-32(36-31)42-21-22-8-7-14-37(22)3;1-4-28(40)39-17-16-38(19-24(39)18-32-2)30-25-12-15-37(27-11-5-8-22-9-6-13-33-29(22)27)20-26(25)34-31(35-30)41-21-23-10-7-14-36(23)3;;;/h5-6,8,10-12,18,25-26H,1,7,9,13-17,19-22H2,2,4H3;4-6,9-12,22-23H,1,7-8,13-21H2,3H3;4-6,8-9,11,13,23-24H,1,7,10,12,14-21H2,3H3;3*1H2/t25-,26?;22-,23?;23-,24?;;;/m000.../s1. The van der Waals surface area contributed by atoms with Crippen molar-refractivity contribution >= 4 is 125 Å². The molecule has 0 spiro atoms. The number of para-hydroxylation sites is 1. The molecule has 0 bridgehead atoms. The number of aromatic nitrogens is 7. The summed E-state index contributed by atoms with van der Waals surface area (Å²) in [5.41, 5.74) is 11.7. The Bertz CT molecular complexity index is 5500. The lowest BCUT2D eigenvalue weighted by Gasteiger charge is -2.41. The van der Waals surface area contributed by atoms with E-state index in [1.54, 1.807) is 14.7 Å². The Kier molecular flexibility index (Phi) is 31.6. The highest BCUT2D eigenvalue weighted by molar-refractivity contribution is 7.59. The Morgan fingerprint density at radius 2 is 0.820 bits per heavy atom. The first-order valence-electron chi connectivity index (χ1n) is 43.9. The molecule has 9 aliphatic rings. The van der Waals surface area contributed by atoms with Gasteiger partial charge in [-0.25, -0.2) is 24.1 Å². The Morgan fingerprint density at radius 3 is 1.23 bits per heavy atom. The minimum atomic E-state index is -0.255. The third-order valence-electron chi connectivity index (χ3n) is 26.4. The van der Waals surface area contributed by atoms with Crippen molar-refractivity contribution in [3.05, 3.63) is 227 Å². The van der Waals surface area contributed by atoms with Crippen molar-refractivity contribution in [3.8, 4) is 18.0 Å². The zero-order valence-electron chi connectivity index (χ0n) is 73.7. The molecule has 0 N–H and O–H groups in total. The quantitative estimate of drug-likeness (QED) is 0.0482. The molecule has 6 saturated heterocycles. The van der Waals surface area contributed by atoms with Gasteiger partial charge >= 0.3 is 18.0 Å². The van der Waals surface area contributed by atoms with Crippen molar-refractivity contribution < 1.29 is 33.0 Å². The summed E-state index contributed by atoms with van der Waals surface area (Å²) in [4.78, 5) is 109. The van der Waals surface area contributed by atoms with Crippen LogP contribution in [0.3, 0.4) is 0 Å². The summed E-state index contributed by atoms with van der Waals surface area (Å²) >= 11 is 0. The fourth-order valence-corrected chi connectivity index (χ4v) is 19.5. The van der Waals surface area contributed by atoms with Gasteiger partial charge in [-0.2, -0.15) is 70.4 Å².